The highest BCUT2D eigenvalue weighted by atomic mass is 127. The maximum atomic E-state index is 5.39. The maximum Gasteiger partial charge on any atom is 0.191 e. The van der Waals surface area contributed by atoms with Crippen molar-refractivity contribution in [1.82, 2.24) is 20.4 Å². The highest BCUT2D eigenvalue weighted by molar-refractivity contribution is 14.0. The Labute approximate surface area is 171 Å². The number of morpholine rings is 1. The van der Waals surface area contributed by atoms with Crippen LogP contribution in [0.1, 0.15) is 40.0 Å². The summed E-state index contributed by atoms with van der Waals surface area (Å²) < 4.78 is 5.39. The molecule has 0 aromatic rings. The predicted molar refractivity (Wildman–Crippen MR) is 116 cm³/mol. The van der Waals surface area contributed by atoms with Crippen molar-refractivity contribution >= 4 is 29.9 Å². The predicted octanol–water partition coefficient (Wildman–Crippen LogP) is 1.75. The van der Waals surface area contributed by atoms with E-state index in [1.165, 1.54) is 25.8 Å². The minimum Gasteiger partial charge on any atom is -0.379 e. The number of nitrogens with zero attached hydrogens (tertiary/aromatic N) is 3. The molecule has 6 nitrogen and oxygen atoms in total. The van der Waals surface area contributed by atoms with Gasteiger partial charge < -0.3 is 15.4 Å². The van der Waals surface area contributed by atoms with E-state index in [2.05, 4.69) is 41.2 Å². The normalized spacial score (nSPS) is 24.4. The van der Waals surface area contributed by atoms with Crippen molar-refractivity contribution < 1.29 is 4.74 Å². The Balaban J connectivity index is 0.00000312. The lowest BCUT2D eigenvalue weighted by molar-refractivity contribution is 0.0389. The van der Waals surface area contributed by atoms with E-state index < -0.39 is 0 Å². The number of hydrogen-bond donors (Lipinski definition) is 2. The van der Waals surface area contributed by atoms with Crippen LogP contribution >= 0.6 is 24.0 Å². The van der Waals surface area contributed by atoms with Crippen LogP contribution in [0.3, 0.4) is 0 Å². The first-order chi connectivity index (χ1) is 11.7. The molecule has 25 heavy (non-hydrogen) atoms. The van der Waals surface area contributed by atoms with Gasteiger partial charge in [0, 0.05) is 44.8 Å². The number of likely N-dealkylation sites (tertiary alicyclic amines) is 1. The van der Waals surface area contributed by atoms with Crippen LogP contribution in [0.5, 0.6) is 0 Å². The first-order valence-corrected chi connectivity index (χ1v) is 9.78. The van der Waals surface area contributed by atoms with Gasteiger partial charge in [0.2, 0.25) is 0 Å². The van der Waals surface area contributed by atoms with Crippen LogP contribution in [0.2, 0.25) is 0 Å². The number of hydrogen-bond acceptors (Lipinski definition) is 4. The molecule has 0 aromatic heterocycles. The van der Waals surface area contributed by atoms with Crippen molar-refractivity contribution in [2.24, 2.45) is 4.99 Å². The summed E-state index contributed by atoms with van der Waals surface area (Å²) in [5.41, 5.74) is 0. The molecule has 2 unspecified atom stereocenters. The Kier molecular flexibility index (Phi) is 12.0. The van der Waals surface area contributed by atoms with Crippen LogP contribution in [0, 0.1) is 0 Å². The van der Waals surface area contributed by atoms with Gasteiger partial charge in [-0.05, 0) is 40.2 Å². The van der Waals surface area contributed by atoms with Crippen LogP contribution < -0.4 is 10.6 Å². The third-order valence-corrected chi connectivity index (χ3v) is 5.10. The number of piperidine rings is 1. The summed E-state index contributed by atoms with van der Waals surface area (Å²) in [5.74, 6) is 0.947. The van der Waals surface area contributed by atoms with Crippen LogP contribution in [-0.2, 0) is 4.74 Å². The SMILES string of the molecule is CCNC(=NCC(C)N1CCCCC1C)NCCN1CCOCC1.I. The van der Waals surface area contributed by atoms with E-state index in [-0.39, 0.29) is 24.0 Å². The van der Waals surface area contributed by atoms with E-state index in [9.17, 15) is 0 Å². The van der Waals surface area contributed by atoms with E-state index in [1.807, 2.05) is 0 Å². The van der Waals surface area contributed by atoms with Crippen LogP contribution in [0.4, 0.5) is 0 Å². The van der Waals surface area contributed by atoms with E-state index >= 15 is 0 Å². The van der Waals surface area contributed by atoms with Crippen molar-refractivity contribution in [3.8, 4) is 0 Å². The van der Waals surface area contributed by atoms with Gasteiger partial charge in [0.15, 0.2) is 5.96 Å². The molecule has 0 radical (unpaired) electrons. The average molecular weight is 467 g/mol. The van der Waals surface area contributed by atoms with Gasteiger partial charge in [0.25, 0.3) is 0 Å². The van der Waals surface area contributed by atoms with Gasteiger partial charge >= 0.3 is 0 Å². The minimum atomic E-state index is 0. The smallest absolute Gasteiger partial charge is 0.191 e. The van der Waals surface area contributed by atoms with Crippen molar-refractivity contribution in [3.05, 3.63) is 0 Å². The summed E-state index contributed by atoms with van der Waals surface area (Å²) in [6.07, 6.45) is 4.03. The Bertz CT molecular complexity index is 376. The zero-order valence-corrected chi connectivity index (χ0v) is 18.6. The molecule has 0 saturated carbocycles. The number of halogens is 1. The molecular weight excluding hydrogens is 429 g/mol. The van der Waals surface area contributed by atoms with Gasteiger partial charge in [0.1, 0.15) is 0 Å². The second-order valence-corrected chi connectivity index (χ2v) is 7.03. The molecule has 2 N–H and O–H groups in total. The molecule has 0 aromatic carbocycles. The summed E-state index contributed by atoms with van der Waals surface area (Å²) >= 11 is 0. The van der Waals surface area contributed by atoms with Crippen molar-refractivity contribution in [2.75, 3.05) is 59.0 Å². The molecule has 148 valence electrons. The zero-order chi connectivity index (χ0) is 17.2. The molecule has 2 rings (SSSR count). The fourth-order valence-electron chi connectivity index (χ4n) is 3.60. The molecule has 0 aliphatic carbocycles. The quantitative estimate of drug-likeness (QED) is 0.340. The number of guanidine groups is 1. The van der Waals surface area contributed by atoms with Crippen molar-refractivity contribution in [3.63, 3.8) is 0 Å². The van der Waals surface area contributed by atoms with Gasteiger partial charge in [-0.3, -0.25) is 14.8 Å². The number of rotatable bonds is 7. The molecule has 0 spiro atoms. The lowest BCUT2D eigenvalue weighted by Gasteiger charge is -2.37. The van der Waals surface area contributed by atoms with Gasteiger partial charge in [-0.15, -0.1) is 24.0 Å². The largest absolute Gasteiger partial charge is 0.379 e. The van der Waals surface area contributed by atoms with E-state index in [4.69, 9.17) is 9.73 Å². The van der Waals surface area contributed by atoms with Gasteiger partial charge in [-0.1, -0.05) is 6.42 Å². The average Bonchev–Trinajstić information content (AvgIpc) is 2.60. The molecule has 2 fully saturated rings. The molecule has 0 bridgehead atoms. The second kappa shape index (κ2) is 13.1. The third-order valence-electron chi connectivity index (χ3n) is 5.10. The van der Waals surface area contributed by atoms with E-state index in [0.717, 1.165) is 58.4 Å². The van der Waals surface area contributed by atoms with Crippen LogP contribution in [-0.4, -0.2) is 86.9 Å². The number of nitrogens with one attached hydrogen (secondary N) is 2. The van der Waals surface area contributed by atoms with E-state index in [0.29, 0.717) is 12.1 Å². The minimum absolute atomic E-state index is 0. The summed E-state index contributed by atoms with van der Waals surface area (Å²) in [7, 11) is 0. The number of ether oxygens (including phenoxy) is 1. The van der Waals surface area contributed by atoms with Crippen LogP contribution in [0.25, 0.3) is 0 Å². The molecule has 2 heterocycles. The molecule has 2 aliphatic rings. The first kappa shape index (κ1) is 22.9. The zero-order valence-electron chi connectivity index (χ0n) is 16.3. The van der Waals surface area contributed by atoms with E-state index in [1.54, 1.807) is 0 Å². The van der Waals surface area contributed by atoms with Crippen LogP contribution in [0.15, 0.2) is 4.99 Å². The lowest BCUT2D eigenvalue weighted by Crippen LogP contribution is -2.46. The third kappa shape index (κ3) is 8.41. The fraction of sp³-hybridized carbons (Fsp3) is 0.944. The Hall–Kier alpha value is -0.120. The monoisotopic (exact) mass is 467 g/mol. The topological polar surface area (TPSA) is 52.1 Å². The Morgan fingerprint density at radius 2 is 1.96 bits per heavy atom. The number of aliphatic imine (C=N–C) groups is 1. The highest BCUT2D eigenvalue weighted by Crippen LogP contribution is 2.19. The molecule has 2 atom stereocenters. The molecular formula is C18H38IN5O. The van der Waals surface area contributed by atoms with Crippen molar-refractivity contribution in [1.29, 1.82) is 0 Å². The summed E-state index contributed by atoms with van der Waals surface area (Å²) in [6, 6.07) is 1.20. The Morgan fingerprint density at radius 3 is 2.64 bits per heavy atom. The van der Waals surface area contributed by atoms with Gasteiger partial charge in [-0.25, -0.2) is 0 Å². The molecule has 0 amide bonds. The highest BCUT2D eigenvalue weighted by Gasteiger charge is 2.22. The molecule has 2 aliphatic heterocycles. The first-order valence-electron chi connectivity index (χ1n) is 9.78. The van der Waals surface area contributed by atoms with Gasteiger partial charge in [0.05, 0.1) is 19.8 Å². The maximum absolute atomic E-state index is 5.39. The molecule has 2 saturated heterocycles. The Morgan fingerprint density at radius 1 is 1.20 bits per heavy atom. The molecule has 7 heteroatoms. The second-order valence-electron chi connectivity index (χ2n) is 7.03. The standard InChI is InChI=1S/C18H37N5O.HI/c1-4-19-18(20-8-10-22-11-13-24-14-12-22)21-15-17(3)23-9-6-5-7-16(23)2;/h16-17H,4-15H2,1-3H3,(H2,19,20,21);1H. The summed E-state index contributed by atoms with van der Waals surface area (Å²) in [4.78, 5) is 9.87. The lowest BCUT2D eigenvalue weighted by atomic mass is 10.0. The fourth-order valence-corrected chi connectivity index (χ4v) is 3.60. The van der Waals surface area contributed by atoms with Crippen molar-refractivity contribution in [2.45, 2.75) is 52.1 Å². The summed E-state index contributed by atoms with van der Waals surface area (Å²) in [5, 5.41) is 6.84. The summed E-state index contributed by atoms with van der Waals surface area (Å²) in [6.45, 7) is 15.5. The van der Waals surface area contributed by atoms with Gasteiger partial charge in [-0.2, -0.15) is 0 Å².